The average molecular weight is 568 g/mol. The van der Waals surface area contributed by atoms with Crippen LogP contribution >= 0.6 is 24.4 Å². The minimum absolute atomic E-state index is 0.0831. The highest BCUT2D eigenvalue weighted by Gasteiger charge is 2.48. The third-order valence-corrected chi connectivity index (χ3v) is 6.24. The maximum Gasteiger partial charge on any atom is 0.237 e. The maximum absolute atomic E-state index is 13.2. The Morgan fingerprint density at radius 1 is 0.846 bits per heavy atom. The first-order chi connectivity index (χ1) is 18.7. The van der Waals surface area contributed by atoms with E-state index in [9.17, 15) is 18.4 Å². The molecule has 9 nitrogen and oxygen atoms in total. The molecule has 1 fully saturated rings. The molecule has 2 aromatic carbocycles. The summed E-state index contributed by atoms with van der Waals surface area (Å²) in [6.45, 7) is 1.64. The number of carbonyl (C=O) groups is 2. The molecule has 4 rings (SSSR count). The van der Waals surface area contributed by atoms with Crippen LogP contribution in [-0.2, 0) is 9.59 Å². The lowest BCUT2D eigenvalue weighted by Gasteiger charge is -2.23. The molecular weight excluding hydrogens is 544 g/mol. The highest BCUT2D eigenvalue weighted by atomic mass is 32.1. The summed E-state index contributed by atoms with van der Waals surface area (Å²) in [4.78, 5) is 27.3. The van der Waals surface area contributed by atoms with Gasteiger partial charge in [0.2, 0.25) is 11.8 Å². The largest absolute Gasteiger partial charge is 0.331 e. The Kier molecular flexibility index (Phi) is 8.84. The first-order valence-electron chi connectivity index (χ1n) is 11.7. The van der Waals surface area contributed by atoms with Gasteiger partial charge in [0, 0.05) is 11.4 Å². The lowest BCUT2D eigenvalue weighted by molar-refractivity contribution is -0.140. The highest BCUT2D eigenvalue weighted by molar-refractivity contribution is 7.80. The Morgan fingerprint density at radius 3 is 1.79 bits per heavy atom. The summed E-state index contributed by atoms with van der Waals surface area (Å²) >= 11 is 10.5. The van der Waals surface area contributed by atoms with Gasteiger partial charge in [-0.1, -0.05) is 24.3 Å². The van der Waals surface area contributed by atoms with Crippen LogP contribution in [0, 0.1) is 23.5 Å². The molecule has 0 saturated carbocycles. The number of nitrogens with zero attached hydrogens (tertiary/aromatic N) is 3. The zero-order chi connectivity index (χ0) is 27.9. The molecule has 4 N–H and O–H groups in total. The van der Waals surface area contributed by atoms with E-state index in [1.807, 2.05) is 0 Å². The van der Waals surface area contributed by atoms with Crippen molar-refractivity contribution in [3.05, 3.63) is 84.5 Å². The number of halogens is 2. The molecule has 0 aromatic heterocycles. The van der Waals surface area contributed by atoms with Crippen LogP contribution in [-0.4, -0.2) is 44.9 Å². The van der Waals surface area contributed by atoms with Crippen molar-refractivity contribution >= 4 is 69.8 Å². The highest BCUT2D eigenvalue weighted by Crippen LogP contribution is 2.32. The number of likely N-dealkylation sites (tertiary alicyclic amines) is 1. The van der Waals surface area contributed by atoms with E-state index in [2.05, 4.69) is 31.7 Å². The number of benzene rings is 2. The molecule has 2 aromatic rings. The second-order valence-corrected chi connectivity index (χ2v) is 9.30. The number of thiocarbonyl (C=S) groups is 2. The Morgan fingerprint density at radius 2 is 1.31 bits per heavy atom. The van der Waals surface area contributed by atoms with Crippen LogP contribution in [0.3, 0.4) is 0 Å². The topological polar surface area (TPSA) is 110 Å². The number of imide groups is 1. The molecule has 2 amide bonds. The quantitative estimate of drug-likeness (QED) is 0.174. The van der Waals surface area contributed by atoms with Crippen LogP contribution in [0.2, 0.25) is 0 Å². The van der Waals surface area contributed by atoms with Crippen molar-refractivity contribution in [2.24, 2.45) is 22.0 Å². The number of hydrazone groups is 2. The van der Waals surface area contributed by atoms with E-state index in [0.29, 0.717) is 11.4 Å². The Labute approximate surface area is 233 Å². The minimum Gasteiger partial charge on any atom is -0.331 e. The van der Waals surface area contributed by atoms with E-state index in [1.54, 1.807) is 31.2 Å². The van der Waals surface area contributed by atoms with Gasteiger partial charge in [0.1, 0.15) is 17.3 Å². The van der Waals surface area contributed by atoms with Gasteiger partial charge in [0.05, 0.1) is 24.1 Å². The summed E-state index contributed by atoms with van der Waals surface area (Å²) in [6.07, 6.45) is 8.16. The number of allylic oxidation sites excluding steroid dienone is 2. The summed E-state index contributed by atoms with van der Waals surface area (Å²) < 4.78 is 26.3. The van der Waals surface area contributed by atoms with Crippen molar-refractivity contribution in [1.82, 2.24) is 15.8 Å². The predicted molar refractivity (Wildman–Crippen MR) is 154 cm³/mol. The number of carbonyl (C=O) groups excluding carboxylic acids is 2. The fourth-order valence-corrected chi connectivity index (χ4v) is 4.24. The monoisotopic (exact) mass is 567 g/mol. The molecule has 1 saturated heterocycles. The maximum atomic E-state index is 13.2. The van der Waals surface area contributed by atoms with Crippen molar-refractivity contribution in [2.45, 2.75) is 13.0 Å². The normalized spacial score (nSPS) is 19.2. The summed E-state index contributed by atoms with van der Waals surface area (Å²) in [5.74, 6) is -2.65. The fraction of sp³-hybridized carbons (Fsp3) is 0.154. The van der Waals surface area contributed by atoms with Crippen molar-refractivity contribution in [3.8, 4) is 0 Å². The third kappa shape index (κ3) is 6.94. The molecule has 13 heteroatoms. The average Bonchev–Trinajstić information content (AvgIpc) is 3.18. The van der Waals surface area contributed by atoms with E-state index < -0.39 is 23.7 Å². The van der Waals surface area contributed by atoms with E-state index >= 15 is 0 Å². The van der Waals surface area contributed by atoms with Crippen LogP contribution in [0.15, 0.2) is 83.0 Å². The van der Waals surface area contributed by atoms with Gasteiger partial charge in [-0.15, -0.1) is 0 Å². The van der Waals surface area contributed by atoms with Crippen molar-refractivity contribution in [3.63, 3.8) is 0 Å². The van der Waals surface area contributed by atoms with Crippen LogP contribution in [0.5, 0.6) is 0 Å². The van der Waals surface area contributed by atoms with Gasteiger partial charge in [-0.05, 0) is 79.9 Å². The van der Waals surface area contributed by atoms with Crippen LogP contribution in [0.1, 0.15) is 6.92 Å². The molecule has 3 unspecified atom stereocenters. The molecule has 0 radical (unpaired) electrons. The molecule has 1 heterocycles. The zero-order valence-corrected chi connectivity index (χ0v) is 22.1. The number of hydrogen-bond donors (Lipinski definition) is 4. The van der Waals surface area contributed by atoms with E-state index in [0.717, 1.165) is 4.90 Å². The number of fused-ring (bicyclic) bond motifs is 1. The van der Waals surface area contributed by atoms with E-state index in [-0.39, 0.29) is 33.6 Å². The number of rotatable bonds is 7. The molecular formula is C26H23F2N7O2S2. The van der Waals surface area contributed by atoms with Gasteiger partial charge < -0.3 is 10.6 Å². The van der Waals surface area contributed by atoms with Crippen LogP contribution < -0.4 is 21.5 Å². The predicted octanol–water partition coefficient (Wildman–Crippen LogP) is 3.70. The second-order valence-electron chi connectivity index (χ2n) is 8.48. The van der Waals surface area contributed by atoms with E-state index in [4.69, 9.17) is 24.4 Å². The number of anilines is 2. The Hall–Kier alpha value is -4.36. The van der Waals surface area contributed by atoms with Crippen molar-refractivity contribution in [1.29, 1.82) is 0 Å². The molecule has 1 aliphatic carbocycles. The second kappa shape index (κ2) is 12.5. The van der Waals surface area contributed by atoms with Gasteiger partial charge >= 0.3 is 0 Å². The third-order valence-electron chi connectivity index (χ3n) is 5.85. The Bertz CT molecular complexity index is 1360. The summed E-state index contributed by atoms with van der Waals surface area (Å²) in [6, 6.07) is 10.3. The standard InChI is InChI=1S/C26H23F2N7O2S2/c1-15(35-23(36)20-4-2-3-5-21(20)24(35)37)22(32-34-26(39)31-19-12-8-17(28)9-13-19)14-29-33-25(38)30-18-10-6-16(27)7-11-18/h2-15,20-21H,1H3,(H2,30,33,38)(H2,31,34,39)/b29-14-,32-22-. The zero-order valence-electron chi connectivity index (χ0n) is 20.5. The number of hydrogen-bond acceptors (Lipinski definition) is 6. The Balaban J connectivity index is 1.49. The molecule has 1 aliphatic heterocycles. The summed E-state index contributed by atoms with van der Waals surface area (Å²) in [5, 5.41) is 14.3. The molecule has 0 spiro atoms. The van der Waals surface area contributed by atoms with Gasteiger partial charge in [-0.2, -0.15) is 10.2 Å². The van der Waals surface area contributed by atoms with Gasteiger partial charge in [-0.25, -0.2) is 8.78 Å². The molecule has 0 bridgehead atoms. The first kappa shape index (κ1) is 27.7. The van der Waals surface area contributed by atoms with Crippen LogP contribution in [0.25, 0.3) is 0 Å². The summed E-state index contributed by atoms with van der Waals surface area (Å²) in [5.41, 5.74) is 6.53. The molecule has 200 valence electrons. The van der Waals surface area contributed by atoms with Gasteiger partial charge in [0.25, 0.3) is 0 Å². The lowest BCUT2D eigenvalue weighted by atomic mass is 9.91. The smallest absolute Gasteiger partial charge is 0.237 e. The fourth-order valence-electron chi connectivity index (χ4n) is 3.91. The van der Waals surface area contributed by atoms with Gasteiger partial charge in [0.15, 0.2) is 10.2 Å². The molecule has 39 heavy (non-hydrogen) atoms. The number of amides is 2. The van der Waals surface area contributed by atoms with Crippen LogP contribution in [0.4, 0.5) is 20.2 Å². The van der Waals surface area contributed by atoms with Crippen molar-refractivity contribution in [2.75, 3.05) is 10.6 Å². The SMILES string of the molecule is CC(C(/C=N\NC(=S)Nc1ccc(F)cc1)=N\NC(=S)Nc1ccc(F)cc1)N1C(=O)C2C=CC=CC2C1=O. The first-order valence-corrected chi connectivity index (χ1v) is 12.5. The molecule has 3 atom stereocenters. The summed E-state index contributed by atoms with van der Waals surface area (Å²) in [7, 11) is 0. The number of nitrogens with one attached hydrogen (secondary N) is 4. The molecule has 2 aliphatic rings. The van der Waals surface area contributed by atoms with E-state index in [1.165, 1.54) is 54.7 Å². The van der Waals surface area contributed by atoms with Crippen molar-refractivity contribution < 1.29 is 18.4 Å². The minimum atomic E-state index is -0.817. The van der Waals surface area contributed by atoms with Gasteiger partial charge in [-0.3, -0.25) is 25.3 Å². The lowest BCUT2D eigenvalue weighted by Crippen LogP contribution is -2.45.